The first-order chi connectivity index (χ1) is 23.0. The van der Waals surface area contributed by atoms with Crippen LogP contribution in [0.15, 0.2) is 80.1 Å². The van der Waals surface area contributed by atoms with Crippen LogP contribution in [0, 0.1) is 3.57 Å². The van der Waals surface area contributed by atoms with Crippen molar-refractivity contribution in [1.82, 2.24) is 4.57 Å². The molecule has 1 aromatic heterocycles. The molecular weight excluding hydrogens is 811 g/mol. The molecule has 12 heteroatoms. The summed E-state index contributed by atoms with van der Waals surface area (Å²) < 4.78 is 33.1. The lowest BCUT2D eigenvalue weighted by atomic mass is 9.95. The van der Waals surface area contributed by atoms with Crippen molar-refractivity contribution in [3.05, 3.63) is 110 Å². The SMILES string of the molecule is CCOC(=O)C1=C(C)N=c2s/c(=C\c3cc(I)c(OCc4ccc(Br)cc4)c(OCC)c3)c(=O)n2[C@H]1c1ccc(OC(C)C)c(OC)c1. The third-order valence-electron chi connectivity index (χ3n) is 7.31. The van der Waals surface area contributed by atoms with Gasteiger partial charge in [-0.25, -0.2) is 9.79 Å². The Balaban J connectivity index is 1.60. The van der Waals surface area contributed by atoms with E-state index in [0.717, 1.165) is 19.2 Å². The molecule has 5 rings (SSSR count). The normalized spacial score (nSPS) is 14.4. The van der Waals surface area contributed by atoms with Crippen LogP contribution in [0.2, 0.25) is 0 Å². The van der Waals surface area contributed by atoms with Crippen molar-refractivity contribution in [2.75, 3.05) is 20.3 Å². The summed E-state index contributed by atoms with van der Waals surface area (Å²) in [5.41, 5.74) is 2.92. The van der Waals surface area contributed by atoms with Gasteiger partial charge in [-0.2, -0.15) is 0 Å². The maximum atomic E-state index is 14.2. The Kier molecular flexibility index (Phi) is 11.7. The highest BCUT2D eigenvalue weighted by atomic mass is 127. The predicted octanol–water partition coefficient (Wildman–Crippen LogP) is 6.94. The van der Waals surface area contributed by atoms with E-state index < -0.39 is 12.0 Å². The number of methoxy groups -OCH3 is 1. The molecule has 0 aliphatic carbocycles. The number of fused-ring (bicyclic) bond motifs is 1. The zero-order chi connectivity index (χ0) is 34.5. The maximum Gasteiger partial charge on any atom is 0.338 e. The number of hydrogen-bond donors (Lipinski definition) is 0. The van der Waals surface area contributed by atoms with E-state index in [1.807, 2.05) is 69.3 Å². The number of aromatic nitrogens is 1. The third-order valence-corrected chi connectivity index (χ3v) is 9.62. The lowest BCUT2D eigenvalue weighted by Gasteiger charge is -2.25. The van der Waals surface area contributed by atoms with E-state index in [4.69, 9.17) is 28.7 Å². The molecular formula is C36H36BrIN2O7S. The molecule has 2 heterocycles. The molecule has 0 N–H and O–H groups in total. The molecule has 0 saturated carbocycles. The summed E-state index contributed by atoms with van der Waals surface area (Å²) >= 11 is 6.94. The lowest BCUT2D eigenvalue weighted by molar-refractivity contribution is -0.139. The molecule has 252 valence electrons. The smallest absolute Gasteiger partial charge is 0.338 e. The van der Waals surface area contributed by atoms with E-state index in [2.05, 4.69) is 38.5 Å². The summed E-state index contributed by atoms with van der Waals surface area (Å²) in [4.78, 5) is 32.8. The van der Waals surface area contributed by atoms with E-state index in [1.54, 1.807) is 37.7 Å². The van der Waals surface area contributed by atoms with Crippen LogP contribution in [0.4, 0.5) is 0 Å². The highest BCUT2D eigenvalue weighted by Crippen LogP contribution is 2.37. The van der Waals surface area contributed by atoms with Gasteiger partial charge in [-0.1, -0.05) is 45.5 Å². The Bertz CT molecular complexity index is 2040. The molecule has 3 aromatic carbocycles. The van der Waals surface area contributed by atoms with Gasteiger partial charge in [0.2, 0.25) is 0 Å². The van der Waals surface area contributed by atoms with Crippen molar-refractivity contribution in [2.45, 2.75) is 53.4 Å². The van der Waals surface area contributed by atoms with Crippen LogP contribution >= 0.6 is 49.9 Å². The van der Waals surface area contributed by atoms with Gasteiger partial charge in [-0.3, -0.25) is 9.36 Å². The number of nitrogens with zero attached hydrogens (tertiary/aromatic N) is 2. The first-order valence-electron chi connectivity index (χ1n) is 15.4. The average Bonchev–Trinajstić information content (AvgIpc) is 3.34. The van der Waals surface area contributed by atoms with E-state index >= 15 is 0 Å². The van der Waals surface area contributed by atoms with Crippen LogP contribution in [-0.4, -0.2) is 37.0 Å². The van der Waals surface area contributed by atoms with Crippen molar-refractivity contribution >= 4 is 61.9 Å². The monoisotopic (exact) mass is 846 g/mol. The minimum atomic E-state index is -0.794. The second-order valence-corrected chi connectivity index (χ2v) is 14.1. The van der Waals surface area contributed by atoms with Gasteiger partial charge in [0.1, 0.15) is 6.61 Å². The van der Waals surface area contributed by atoms with Crippen LogP contribution in [0.1, 0.15) is 57.4 Å². The maximum absolute atomic E-state index is 14.2. The zero-order valence-electron chi connectivity index (χ0n) is 27.5. The third kappa shape index (κ3) is 7.81. The number of ether oxygens (including phenoxy) is 5. The molecule has 0 spiro atoms. The summed E-state index contributed by atoms with van der Waals surface area (Å²) in [6.45, 7) is 10.3. The van der Waals surface area contributed by atoms with Crippen LogP contribution in [0.25, 0.3) is 6.08 Å². The predicted molar refractivity (Wildman–Crippen MR) is 198 cm³/mol. The fourth-order valence-corrected chi connectivity index (χ4v) is 7.37. The standard InChI is InChI=1S/C36H36BrIN2O7S/c1-7-44-29-16-23(15-26(38)33(29)46-19-22-9-12-25(37)13-10-22)17-30-34(41)40-32(24-11-14-27(47-20(3)4)28(18-24)43-6)31(35(42)45-8-2)21(5)39-36(40)48-30/h9-18,20,32H,7-8,19H2,1-6H3/b30-17-/t32-/m0/s1. The van der Waals surface area contributed by atoms with Crippen molar-refractivity contribution in [2.24, 2.45) is 4.99 Å². The van der Waals surface area contributed by atoms with Crippen LogP contribution in [0.5, 0.6) is 23.0 Å². The summed E-state index contributed by atoms with van der Waals surface area (Å²) in [5.74, 6) is 1.73. The summed E-state index contributed by atoms with van der Waals surface area (Å²) in [6.07, 6.45) is 1.74. The molecule has 4 aromatic rings. The Hall–Kier alpha value is -3.62. The molecule has 0 radical (unpaired) electrons. The summed E-state index contributed by atoms with van der Waals surface area (Å²) in [5, 5.41) is 0. The van der Waals surface area contributed by atoms with Crippen LogP contribution in [0.3, 0.4) is 0 Å². The van der Waals surface area contributed by atoms with E-state index in [0.29, 0.717) is 56.8 Å². The molecule has 0 saturated heterocycles. The number of halogens is 2. The topological polar surface area (TPSA) is 97.6 Å². The highest BCUT2D eigenvalue weighted by molar-refractivity contribution is 14.1. The fraction of sp³-hybridized carbons (Fsp3) is 0.306. The number of thiazole rings is 1. The quantitative estimate of drug-likeness (QED) is 0.113. The van der Waals surface area contributed by atoms with E-state index in [1.165, 1.54) is 11.3 Å². The first-order valence-corrected chi connectivity index (χ1v) is 18.1. The summed E-state index contributed by atoms with van der Waals surface area (Å²) in [7, 11) is 1.56. The highest BCUT2D eigenvalue weighted by Gasteiger charge is 2.34. The van der Waals surface area contributed by atoms with E-state index in [9.17, 15) is 9.59 Å². The molecule has 1 aliphatic heterocycles. The van der Waals surface area contributed by atoms with Gasteiger partial charge in [0.05, 0.1) is 51.8 Å². The summed E-state index contributed by atoms with van der Waals surface area (Å²) in [6, 6.07) is 16.4. The van der Waals surface area contributed by atoms with Crippen molar-refractivity contribution in [3.8, 4) is 23.0 Å². The Morgan fingerprint density at radius 1 is 1.04 bits per heavy atom. The molecule has 1 aliphatic rings. The number of esters is 1. The molecule has 48 heavy (non-hydrogen) atoms. The Morgan fingerprint density at radius 2 is 1.79 bits per heavy atom. The number of carbonyl (C=O) groups excluding carboxylic acids is 1. The number of benzene rings is 3. The van der Waals surface area contributed by atoms with Gasteiger partial charge < -0.3 is 23.7 Å². The number of allylic oxidation sites excluding steroid dienone is 1. The van der Waals surface area contributed by atoms with Crippen molar-refractivity contribution < 1.29 is 28.5 Å². The van der Waals surface area contributed by atoms with Gasteiger partial charge in [0.25, 0.3) is 5.56 Å². The Morgan fingerprint density at radius 3 is 2.46 bits per heavy atom. The second-order valence-electron chi connectivity index (χ2n) is 11.1. The molecule has 1 atom stereocenters. The van der Waals surface area contributed by atoms with Gasteiger partial charge in [0, 0.05) is 4.47 Å². The first kappa shape index (κ1) is 35.7. The number of carbonyl (C=O) groups is 1. The van der Waals surface area contributed by atoms with Gasteiger partial charge in [-0.05, 0) is 116 Å². The lowest BCUT2D eigenvalue weighted by Crippen LogP contribution is -2.40. The van der Waals surface area contributed by atoms with Crippen LogP contribution in [-0.2, 0) is 16.1 Å². The average molecular weight is 848 g/mol. The Labute approximate surface area is 305 Å². The molecule has 0 fully saturated rings. The van der Waals surface area contributed by atoms with Gasteiger partial charge in [-0.15, -0.1) is 0 Å². The molecule has 0 unspecified atom stereocenters. The molecule has 9 nitrogen and oxygen atoms in total. The second kappa shape index (κ2) is 15.7. The number of hydrogen-bond acceptors (Lipinski definition) is 9. The largest absolute Gasteiger partial charge is 0.493 e. The minimum Gasteiger partial charge on any atom is -0.493 e. The number of rotatable bonds is 12. The molecule has 0 bridgehead atoms. The zero-order valence-corrected chi connectivity index (χ0v) is 32.0. The van der Waals surface area contributed by atoms with Gasteiger partial charge in [0.15, 0.2) is 27.8 Å². The minimum absolute atomic E-state index is 0.0712. The fourth-order valence-electron chi connectivity index (χ4n) is 5.27. The van der Waals surface area contributed by atoms with E-state index in [-0.39, 0.29) is 23.8 Å². The van der Waals surface area contributed by atoms with Gasteiger partial charge >= 0.3 is 5.97 Å². The molecule has 0 amide bonds. The van der Waals surface area contributed by atoms with Crippen molar-refractivity contribution in [3.63, 3.8) is 0 Å². The van der Waals surface area contributed by atoms with Crippen molar-refractivity contribution in [1.29, 1.82) is 0 Å². The van der Waals surface area contributed by atoms with Crippen LogP contribution < -0.4 is 33.8 Å².